The molecular weight excluding hydrogens is 262 g/mol. The molecule has 0 fully saturated rings. The number of benzene rings is 1. The molecule has 0 aliphatic rings. The fraction of sp³-hybridized carbons (Fsp3) is 0.385. The minimum Gasteiger partial charge on any atom is -0.323 e. The van der Waals surface area contributed by atoms with Crippen molar-refractivity contribution in [3.63, 3.8) is 0 Å². The van der Waals surface area contributed by atoms with Crippen LogP contribution in [-0.4, -0.2) is 15.1 Å². The van der Waals surface area contributed by atoms with Crippen LogP contribution < -0.4 is 5.73 Å². The van der Waals surface area contributed by atoms with Crippen molar-refractivity contribution in [3.05, 3.63) is 41.2 Å². The highest BCUT2D eigenvalue weighted by atomic mass is 32.2. The van der Waals surface area contributed by atoms with Gasteiger partial charge in [0.15, 0.2) is 4.34 Å². The van der Waals surface area contributed by atoms with Crippen LogP contribution in [0.15, 0.2) is 28.6 Å². The van der Waals surface area contributed by atoms with Gasteiger partial charge in [0.2, 0.25) is 0 Å². The Balaban J connectivity index is 1.92. The summed E-state index contributed by atoms with van der Waals surface area (Å²) in [7, 11) is 0. The molecule has 1 atom stereocenters. The van der Waals surface area contributed by atoms with E-state index >= 15 is 0 Å². The first-order valence-corrected chi connectivity index (χ1v) is 7.72. The fourth-order valence-corrected chi connectivity index (χ4v) is 3.26. The van der Waals surface area contributed by atoms with Crippen molar-refractivity contribution in [1.82, 2.24) is 9.36 Å². The van der Waals surface area contributed by atoms with Gasteiger partial charge >= 0.3 is 0 Å². The summed E-state index contributed by atoms with van der Waals surface area (Å²) in [4.78, 5) is 4.32. The highest BCUT2D eigenvalue weighted by Gasteiger charge is 2.08. The molecule has 0 aliphatic carbocycles. The Kier molecular flexibility index (Phi) is 4.74. The van der Waals surface area contributed by atoms with E-state index in [2.05, 4.69) is 40.5 Å². The Morgan fingerprint density at radius 1 is 1.33 bits per heavy atom. The van der Waals surface area contributed by atoms with Crippen molar-refractivity contribution in [2.75, 3.05) is 5.75 Å². The zero-order chi connectivity index (χ0) is 13.0. The number of rotatable bonds is 5. The van der Waals surface area contributed by atoms with Crippen LogP contribution >= 0.6 is 23.3 Å². The van der Waals surface area contributed by atoms with Crippen LogP contribution in [-0.2, 0) is 6.42 Å². The van der Waals surface area contributed by atoms with E-state index in [-0.39, 0.29) is 6.04 Å². The summed E-state index contributed by atoms with van der Waals surface area (Å²) in [6.07, 6.45) is 1.06. The number of nitrogens with two attached hydrogens (primary N) is 1. The molecule has 2 rings (SSSR count). The molecule has 1 aromatic heterocycles. The molecule has 1 heterocycles. The first-order chi connectivity index (χ1) is 8.69. The molecule has 1 unspecified atom stereocenters. The molecule has 0 saturated heterocycles. The molecule has 2 aromatic rings. The Hall–Kier alpha value is -0.910. The first-order valence-electron chi connectivity index (χ1n) is 5.96. The SMILES string of the molecule is CCc1ccc(C(N)CSc2nc(C)ns2)cc1. The van der Waals surface area contributed by atoms with Gasteiger partial charge in [-0.2, -0.15) is 4.37 Å². The smallest absolute Gasteiger partial charge is 0.170 e. The van der Waals surface area contributed by atoms with Gasteiger partial charge in [0.25, 0.3) is 0 Å². The maximum Gasteiger partial charge on any atom is 0.170 e. The van der Waals surface area contributed by atoms with Crippen LogP contribution in [0.4, 0.5) is 0 Å². The lowest BCUT2D eigenvalue weighted by Crippen LogP contribution is -2.12. The van der Waals surface area contributed by atoms with E-state index in [1.54, 1.807) is 11.8 Å². The molecule has 96 valence electrons. The van der Waals surface area contributed by atoms with E-state index in [9.17, 15) is 0 Å². The summed E-state index contributed by atoms with van der Waals surface area (Å²) in [5.74, 6) is 1.67. The van der Waals surface area contributed by atoms with E-state index in [0.717, 1.165) is 22.3 Å². The number of thioether (sulfide) groups is 1. The average Bonchev–Trinajstić information content (AvgIpc) is 2.82. The maximum absolute atomic E-state index is 6.18. The van der Waals surface area contributed by atoms with E-state index in [1.165, 1.54) is 22.7 Å². The number of nitrogens with zero attached hydrogens (tertiary/aromatic N) is 2. The van der Waals surface area contributed by atoms with Crippen LogP contribution in [0.25, 0.3) is 0 Å². The molecule has 2 N–H and O–H groups in total. The normalized spacial score (nSPS) is 12.6. The van der Waals surface area contributed by atoms with Crippen molar-refractivity contribution in [2.24, 2.45) is 5.73 Å². The van der Waals surface area contributed by atoms with E-state index < -0.39 is 0 Å². The van der Waals surface area contributed by atoms with Crippen LogP contribution in [0, 0.1) is 6.92 Å². The van der Waals surface area contributed by atoms with Crippen LogP contribution in [0.1, 0.15) is 29.9 Å². The second kappa shape index (κ2) is 6.31. The predicted molar refractivity (Wildman–Crippen MR) is 78.1 cm³/mol. The van der Waals surface area contributed by atoms with Crippen molar-refractivity contribution in [1.29, 1.82) is 0 Å². The molecule has 0 spiro atoms. The van der Waals surface area contributed by atoms with Crippen molar-refractivity contribution >= 4 is 23.3 Å². The molecule has 0 amide bonds. The number of hydrogen-bond donors (Lipinski definition) is 1. The van der Waals surface area contributed by atoms with Gasteiger partial charge in [-0.05, 0) is 36.0 Å². The lowest BCUT2D eigenvalue weighted by atomic mass is 10.1. The zero-order valence-electron chi connectivity index (χ0n) is 10.6. The van der Waals surface area contributed by atoms with Gasteiger partial charge in [0.05, 0.1) is 0 Å². The summed E-state index contributed by atoms with van der Waals surface area (Å²) in [5, 5.41) is 0. The van der Waals surface area contributed by atoms with Crippen LogP contribution in [0.3, 0.4) is 0 Å². The number of aromatic nitrogens is 2. The predicted octanol–water partition coefficient (Wildman–Crippen LogP) is 3.20. The highest BCUT2D eigenvalue weighted by Crippen LogP contribution is 2.24. The zero-order valence-corrected chi connectivity index (χ0v) is 12.2. The molecule has 5 heteroatoms. The lowest BCUT2D eigenvalue weighted by molar-refractivity contribution is 0.829. The van der Waals surface area contributed by atoms with Crippen LogP contribution in [0.5, 0.6) is 0 Å². The summed E-state index contributed by atoms with van der Waals surface area (Å²) < 4.78 is 5.15. The van der Waals surface area contributed by atoms with Crippen molar-refractivity contribution in [3.8, 4) is 0 Å². The summed E-state index contributed by atoms with van der Waals surface area (Å²) in [6.45, 7) is 4.06. The minimum atomic E-state index is 0.0464. The molecule has 1 aromatic carbocycles. The quantitative estimate of drug-likeness (QED) is 0.854. The second-order valence-corrected chi connectivity index (χ2v) is 6.14. The van der Waals surface area contributed by atoms with Gasteiger partial charge in [0.1, 0.15) is 5.82 Å². The van der Waals surface area contributed by atoms with Crippen molar-refractivity contribution < 1.29 is 0 Å². The van der Waals surface area contributed by atoms with Gasteiger partial charge in [-0.1, -0.05) is 43.0 Å². The monoisotopic (exact) mass is 279 g/mol. The first kappa shape index (κ1) is 13.5. The fourth-order valence-electron chi connectivity index (χ4n) is 1.59. The van der Waals surface area contributed by atoms with Gasteiger partial charge in [-0.15, -0.1) is 0 Å². The molecule has 0 aliphatic heterocycles. The van der Waals surface area contributed by atoms with Gasteiger partial charge in [0, 0.05) is 11.8 Å². The molecule has 18 heavy (non-hydrogen) atoms. The highest BCUT2D eigenvalue weighted by molar-refractivity contribution is 8.00. The van der Waals surface area contributed by atoms with E-state index in [1.807, 2.05) is 6.92 Å². The van der Waals surface area contributed by atoms with E-state index in [4.69, 9.17) is 5.73 Å². The Morgan fingerprint density at radius 2 is 2.06 bits per heavy atom. The summed E-state index contributed by atoms with van der Waals surface area (Å²) in [5.41, 5.74) is 8.70. The molecular formula is C13H17N3S2. The third-order valence-electron chi connectivity index (χ3n) is 2.71. The molecule has 0 saturated carbocycles. The maximum atomic E-state index is 6.18. The number of aryl methyl sites for hydroxylation is 2. The van der Waals surface area contributed by atoms with Gasteiger partial charge in [-0.25, -0.2) is 4.98 Å². The molecule has 0 radical (unpaired) electrons. The number of hydrogen-bond acceptors (Lipinski definition) is 5. The Bertz CT molecular complexity index is 493. The standard InChI is InChI=1S/C13H17N3S2/c1-3-10-4-6-11(7-5-10)12(14)8-17-13-15-9(2)16-18-13/h4-7,12H,3,8,14H2,1-2H3. The summed E-state index contributed by atoms with van der Waals surface area (Å²) >= 11 is 3.11. The molecule has 0 bridgehead atoms. The third kappa shape index (κ3) is 3.54. The van der Waals surface area contributed by atoms with Gasteiger partial charge in [-0.3, -0.25) is 0 Å². The average molecular weight is 279 g/mol. The third-order valence-corrected chi connectivity index (χ3v) is 4.76. The Labute approximate surface area is 116 Å². The van der Waals surface area contributed by atoms with Gasteiger partial charge < -0.3 is 5.73 Å². The largest absolute Gasteiger partial charge is 0.323 e. The Morgan fingerprint density at radius 3 is 2.61 bits per heavy atom. The lowest BCUT2D eigenvalue weighted by Gasteiger charge is -2.11. The van der Waals surface area contributed by atoms with E-state index in [0.29, 0.717) is 0 Å². The second-order valence-electron chi connectivity index (χ2n) is 4.12. The van der Waals surface area contributed by atoms with Crippen LogP contribution in [0.2, 0.25) is 0 Å². The summed E-state index contributed by atoms with van der Waals surface area (Å²) in [6, 6.07) is 8.58. The molecule has 3 nitrogen and oxygen atoms in total. The minimum absolute atomic E-state index is 0.0464. The topological polar surface area (TPSA) is 51.8 Å². The van der Waals surface area contributed by atoms with Crippen molar-refractivity contribution in [2.45, 2.75) is 30.6 Å².